The second-order valence-electron chi connectivity index (χ2n) is 10.1. The van der Waals surface area contributed by atoms with Gasteiger partial charge in [-0.25, -0.2) is 0 Å². The zero-order valence-electron chi connectivity index (χ0n) is 15.8. The van der Waals surface area contributed by atoms with Crippen molar-refractivity contribution in [3.63, 3.8) is 0 Å². The van der Waals surface area contributed by atoms with Crippen LogP contribution in [0.3, 0.4) is 0 Å². The van der Waals surface area contributed by atoms with Gasteiger partial charge in [-0.05, 0) is 100 Å². The molecule has 1 heterocycles. The van der Waals surface area contributed by atoms with Crippen molar-refractivity contribution in [2.24, 2.45) is 23.2 Å². The number of fused-ring (bicyclic) bond motifs is 1. The van der Waals surface area contributed by atoms with Crippen LogP contribution in [0.25, 0.3) is 5.70 Å². The molecule has 0 saturated heterocycles. The van der Waals surface area contributed by atoms with Gasteiger partial charge in [-0.2, -0.15) is 0 Å². The Bertz CT molecular complexity index is 769. The smallest absolute Gasteiger partial charge is 0.163 e. The molecule has 2 N–H and O–H groups in total. The maximum Gasteiger partial charge on any atom is 0.163 e. The number of nitrogens with one attached hydrogen (secondary N) is 1. The van der Waals surface area contributed by atoms with Crippen molar-refractivity contribution in [2.45, 2.75) is 64.3 Å². The summed E-state index contributed by atoms with van der Waals surface area (Å²) >= 11 is 0. The van der Waals surface area contributed by atoms with Gasteiger partial charge in [0, 0.05) is 28.3 Å². The first kappa shape index (κ1) is 16.4. The molecule has 138 valence electrons. The summed E-state index contributed by atoms with van der Waals surface area (Å²) in [6.45, 7) is 4.31. The molecule has 5 aliphatic rings. The minimum atomic E-state index is -0.117. The summed E-state index contributed by atoms with van der Waals surface area (Å²) in [6, 6.07) is 5.52. The molecule has 6 rings (SSSR count). The Morgan fingerprint density at radius 2 is 1.73 bits per heavy atom. The number of phenolic OH excluding ortho intramolecular Hbond substituents is 1. The quantitative estimate of drug-likeness (QED) is 0.774. The van der Waals surface area contributed by atoms with Crippen molar-refractivity contribution in [3.05, 3.63) is 35.4 Å². The minimum Gasteiger partial charge on any atom is -0.508 e. The average Bonchev–Trinajstić information content (AvgIpc) is 2.51. The van der Waals surface area contributed by atoms with E-state index in [0.717, 1.165) is 60.3 Å². The number of ketones is 1. The Morgan fingerprint density at radius 3 is 2.35 bits per heavy atom. The summed E-state index contributed by atoms with van der Waals surface area (Å²) in [5.41, 5.74) is 2.92. The molecule has 0 spiro atoms. The minimum absolute atomic E-state index is 0.0951. The third-order valence-electron chi connectivity index (χ3n) is 7.32. The van der Waals surface area contributed by atoms with Crippen LogP contribution in [0.4, 0.5) is 0 Å². The molecule has 1 aliphatic heterocycles. The molecule has 0 atom stereocenters. The number of carbonyl (C=O) groups excluding carboxylic acids is 1. The van der Waals surface area contributed by atoms with Gasteiger partial charge in [-0.15, -0.1) is 0 Å². The number of allylic oxidation sites excluding steroid dienone is 1. The Hall–Kier alpha value is -1.77. The van der Waals surface area contributed by atoms with Crippen LogP contribution in [0.1, 0.15) is 63.5 Å². The van der Waals surface area contributed by atoms with Crippen molar-refractivity contribution >= 4 is 11.5 Å². The van der Waals surface area contributed by atoms with Crippen LogP contribution in [0.5, 0.6) is 5.75 Å². The van der Waals surface area contributed by atoms with Gasteiger partial charge in [0.15, 0.2) is 5.78 Å². The van der Waals surface area contributed by atoms with E-state index in [4.69, 9.17) is 0 Å². The lowest BCUT2D eigenvalue weighted by molar-refractivity contribution is -0.138. The summed E-state index contributed by atoms with van der Waals surface area (Å²) in [5.74, 6) is 2.99. The van der Waals surface area contributed by atoms with Gasteiger partial charge >= 0.3 is 0 Å². The summed E-state index contributed by atoms with van der Waals surface area (Å²) in [4.78, 5) is 13.5. The summed E-state index contributed by atoms with van der Waals surface area (Å²) in [6.07, 6.45) is 10.1. The van der Waals surface area contributed by atoms with E-state index in [0.29, 0.717) is 11.5 Å². The van der Waals surface area contributed by atoms with Crippen molar-refractivity contribution < 1.29 is 9.90 Å². The summed E-state index contributed by atoms with van der Waals surface area (Å²) in [5, 5.41) is 13.5. The van der Waals surface area contributed by atoms with Gasteiger partial charge in [0.05, 0.1) is 0 Å². The standard InChI is InChI=1S/C23H29NO2/c1-22(2)13-17-8-18(25)3-4-19(17)20(24-22)9-21(26)23-10-14-5-15(11-23)7-16(6-14)12-23/h3-4,8-9,14-16,24-25H,5-7,10-13H2,1-2H3. The van der Waals surface area contributed by atoms with Gasteiger partial charge in [0.1, 0.15) is 5.75 Å². The van der Waals surface area contributed by atoms with E-state index in [1.54, 1.807) is 6.07 Å². The molecule has 4 bridgehead atoms. The lowest BCUT2D eigenvalue weighted by Gasteiger charge is -2.55. The fraction of sp³-hybridized carbons (Fsp3) is 0.609. The predicted molar refractivity (Wildman–Crippen MR) is 103 cm³/mol. The van der Waals surface area contributed by atoms with Gasteiger partial charge < -0.3 is 10.4 Å². The van der Waals surface area contributed by atoms with Crippen LogP contribution in [-0.4, -0.2) is 16.4 Å². The molecule has 0 aromatic heterocycles. The summed E-state index contributed by atoms with van der Waals surface area (Å²) < 4.78 is 0. The highest BCUT2D eigenvalue weighted by molar-refractivity contribution is 6.01. The first-order valence-electron chi connectivity index (χ1n) is 10.2. The molecule has 1 aromatic carbocycles. The molecule has 3 heteroatoms. The van der Waals surface area contributed by atoms with E-state index >= 15 is 0 Å². The predicted octanol–water partition coefficient (Wildman–Crippen LogP) is 4.44. The number of rotatable bonds is 2. The third kappa shape index (κ3) is 2.59. The van der Waals surface area contributed by atoms with E-state index in [1.165, 1.54) is 19.3 Å². The van der Waals surface area contributed by atoms with Gasteiger partial charge in [0.2, 0.25) is 0 Å². The zero-order chi connectivity index (χ0) is 18.1. The van der Waals surface area contributed by atoms with Crippen LogP contribution < -0.4 is 5.32 Å². The van der Waals surface area contributed by atoms with Crippen LogP contribution in [0.2, 0.25) is 0 Å². The summed E-state index contributed by atoms with van der Waals surface area (Å²) in [7, 11) is 0. The fourth-order valence-electron chi connectivity index (χ4n) is 6.75. The second-order valence-corrected chi connectivity index (χ2v) is 10.1. The SMILES string of the molecule is CC1(C)Cc2cc(O)ccc2C(=CC(=O)C23CC4CC(CC(C4)C2)C3)N1. The molecular formula is C23H29NO2. The molecule has 4 saturated carbocycles. The fourth-order valence-corrected chi connectivity index (χ4v) is 6.75. The van der Waals surface area contributed by atoms with Crippen molar-refractivity contribution in [1.82, 2.24) is 5.32 Å². The monoisotopic (exact) mass is 351 g/mol. The number of phenols is 1. The highest BCUT2D eigenvalue weighted by atomic mass is 16.3. The van der Waals surface area contributed by atoms with Crippen molar-refractivity contribution in [1.29, 1.82) is 0 Å². The number of aromatic hydroxyl groups is 1. The van der Waals surface area contributed by atoms with Gasteiger partial charge in [-0.3, -0.25) is 4.79 Å². The Kier molecular flexibility index (Phi) is 3.39. The molecular weight excluding hydrogens is 322 g/mol. The lowest BCUT2D eigenvalue weighted by Crippen LogP contribution is -2.50. The number of carbonyl (C=O) groups is 1. The molecule has 3 nitrogen and oxygen atoms in total. The third-order valence-corrected chi connectivity index (χ3v) is 7.32. The topological polar surface area (TPSA) is 49.3 Å². The van der Waals surface area contributed by atoms with Crippen molar-refractivity contribution in [2.75, 3.05) is 0 Å². The van der Waals surface area contributed by atoms with Crippen LogP contribution in [0, 0.1) is 23.2 Å². The Balaban J connectivity index is 1.51. The maximum absolute atomic E-state index is 13.5. The highest BCUT2D eigenvalue weighted by Gasteiger charge is 2.53. The zero-order valence-corrected chi connectivity index (χ0v) is 15.8. The van der Waals surface area contributed by atoms with Gasteiger partial charge in [0.25, 0.3) is 0 Å². The molecule has 4 fully saturated rings. The maximum atomic E-state index is 13.5. The Labute approximate surface area is 155 Å². The highest BCUT2D eigenvalue weighted by Crippen LogP contribution is 2.60. The second kappa shape index (κ2) is 5.37. The molecule has 26 heavy (non-hydrogen) atoms. The van der Waals surface area contributed by atoms with Crippen LogP contribution in [-0.2, 0) is 11.2 Å². The van der Waals surface area contributed by atoms with E-state index in [1.807, 2.05) is 18.2 Å². The number of benzene rings is 1. The van der Waals surface area contributed by atoms with E-state index in [2.05, 4.69) is 19.2 Å². The molecule has 1 aromatic rings. The van der Waals surface area contributed by atoms with Crippen molar-refractivity contribution in [3.8, 4) is 5.75 Å². The van der Waals surface area contributed by atoms with E-state index < -0.39 is 0 Å². The number of hydrogen-bond acceptors (Lipinski definition) is 3. The van der Waals surface area contributed by atoms with Crippen LogP contribution in [0.15, 0.2) is 24.3 Å². The molecule has 0 amide bonds. The Morgan fingerprint density at radius 1 is 1.12 bits per heavy atom. The van der Waals surface area contributed by atoms with Crippen LogP contribution >= 0.6 is 0 Å². The lowest BCUT2D eigenvalue weighted by atomic mass is 9.48. The first-order valence-corrected chi connectivity index (χ1v) is 10.2. The first-order chi connectivity index (χ1) is 12.3. The van der Waals surface area contributed by atoms with E-state index in [-0.39, 0.29) is 11.0 Å². The normalized spacial score (nSPS) is 38.1. The largest absolute Gasteiger partial charge is 0.508 e. The average molecular weight is 351 g/mol. The van der Waals surface area contributed by atoms with E-state index in [9.17, 15) is 9.90 Å². The molecule has 4 aliphatic carbocycles. The molecule has 0 unspecified atom stereocenters. The number of hydrogen-bond donors (Lipinski definition) is 2. The molecule has 0 radical (unpaired) electrons. The van der Waals surface area contributed by atoms with Gasteiger partial charge in [-0.1, -0.05) is 0 Å².